The van der Waals surface area contributed by atoms with E-state index in [1.54, 1.807) is 7.11 Å². The van der Waals surface area contributed by atoms with Crippen LogP contribution in [0.1, 0.15) is 56.2 Å². The van der Waals surface area contributed by atoms with Crippen molar-refractivity contribution >= 4 is 0 Å². The minimum absolute atomic E-state index is 0.258. The number of fused-ring (bicyclic) bond motifs is 1. The molecule has 0 spiro atoms. The first-order chi connectivity index (χ1) is 10.2. The molecule has 0 amide bonds. The Kier molecular flexibility index (Phi) is 4.51. The molecule has 3 heteroatoms. The lowest BCUT2D eigenvalue weighted by Crippen LogP contribution is -2.51. The van der Waals surface area contributed by atoms with Gasteiger partial charge >= 0.3 is 0 Å². The van der Waals surface area contributed by atoms with Gasteiger partial charge in [0.15, 0.2) is 0 Å². The first kappa shape index (κ1) is 14.9. The number of nitrogens with two attached hydrogens (primary N) is 1. The molecule has 0 radical (unpaired) electrons. The van der Waals surface area contributed by atoms with Crippen LogP contribution in [-0.4, -0.2) is 30.6 Å². The molecule has 3 rings (SSSR count). The van der Waals surface area contributed by atoms with Crippen molar-refractivity contribution in [1.82, 2.24) is 4.90 Å². The van der Waals surface area contributed by atoms with Crippen LogP contribution < -0.4 is 10.5 Å². The Bertz CT molecular complexity index is 486. The number of rotatable bonds is 3. The lowest BCUT2D eigenvalue weighted by atomic mass is 9.83. The summed E-state index contributed by atoms with van der Waals surface area (Å²) < 4.78 is 5.39. The highest BCUT2D eigenvalue weighted by Gasteiger charge is 2.34. The van der Waals surface area contributed by atoms with Crippen LogP contribution in [-0.2, 0) is 6.42 Å². The Morgan fingerprint density at radius 1 is 1.24 bits per heavy atom. The Labute approximate surface area is 128 Å². The van der Waals surface area contributed by atoms with Crippen LogP contribution >= 0.6 is 0 Å². The second kappa shape index (κ2) is 6.37. The average Bonchev–Trinajstić information content (AvgIpc) is 2.53. The van der Waals surface area contributed by atoms with Crippen LogP contribution in [0.2, 0.25) is 0 Å². The molecule has 1 saturated heterocycles. The Balaban J connectivity index is 1.89. The van der Waals surface area contributed by atoms with Gasteiger partial charge < -0.3 is 10.5 Å². The molecular formula is C18H28N2O. The van der Waals surface area contributed by atoms with Crippen LogP contribution in [0.15, 0.2) is 18.2 Å². The van der Waals surface area contributed by atoms with E-state index in [9.17, 15) is 0 Å². The molecule has 1 fully saturated rings. The van der Waals surface area contributed by atoms with Crippen LogP contribution in [0.3, 0.4) is 0 Å². The molecule has 1 aliphatic carbocycles. The van der Waals surface area contributed by atoms with Crippen molar-refractivity contribution in [3.05, 3.63) is 29.3 Å². The SMILES string of the molecule is COc1ccc2c(c1)CCCC2N1CCCCC1C(C)N. The Morgan fingerprint density at radius 2 is 2.10 bits per heavy atom. The van der Waals surface area contributed by atoms with E-state index in [1.165, 1.54) is 56.2 Å². The second-order valence-corrected chi connectivity index (χ2v) is 6.63. The molecule has 21 heavy (non-hydrogen) atoms. The molecule has 2 aliphatic rings. The monoisotopic (exact) mass is 288 g/mol. The van der Waals surface area contributed by atoms with E-state index in [2.05, 4.69) is 30.0 Å². The maximum atomic E-state index is 6.27. The van der Waals surface area contributed by atoms with Gasteiger partial charge in [-0.1, -0.05) is 12.5 Å². The molecule has 1 aliphatic heterocycles. The van der Waals surface area contributed by atoms with E-state index in [0.29, 0.717) is 12.1 Å². The van der Waals surface area contributed by atoms with Crippen molar-refractivity contribution in [3.63, 3.8) is 0 Å². The summed E-state index contributed by atoms with van der Waals surface area (Å²) in [5.41, 5.74) is 9.25. The highest BCUT2D eigenvalue weighted by Crippen LogP contribution is 2.39. The number of ether oxygens (including phenoxy) is 1. The van der Waals surface area contributed by atoms with Gasteiger partial charge in [-0.25, -0.2) is 0 Å². The molecule has 116 valence electrons. The third kappa shape index (κ3) is 2.95. The summed E-state index contributed by atoms with van der Waals surface area (Å²) in [7, 11) is 1.75. The zero-order valence-electron chi connectivity index (χ0n) is 13.3. The first-order valence-corrected chi connectivity index (χ1v) is 8.39. The van der Waals surface area contributed by atoms with Gasteiger partial charge in [0.05, 0.1) is 7.11 Å². The van der Waals surface area contributed by atoms with Crippen molar-refractivity contribution < 1.29 is 4.74 Å². The first-order valence-electron chi connectivity index (χ1n) is 8.39. The van der Waals surface area contributed by atoms with E-state index in [4.69, 9.17) is 10.5 Å². The van der Waals surface area contributed by atoms with Crippen molar-refractivity contribution in [1.29, 1.82) is 0 Å². The largest absolute Gasteiger partial charge is 0.497 e. The van der Waals surface area contributed by atoms with Gasteiger partial charge in [-0.2, -0.15) is 0 Å². The fraction of sp³-hybridized carbons (Fsp3) is 0.667. The molecule has 3 atom stereocenters. The Hall–Kier alpha value is -1.06. The minimum Gasteiger partial charge on any atom is -0.497 e. The molecule has 0 saturated carbocycles. The van der Waals surface area contributed by atoms with Gasteiger partial charge in [-0.05, 0) is 68.8 Å². The number of piperidine rings is 1. The molecular weight excluding hydrogens is 260 g/mol. The predicted molar refractivity (Wildman–Crippen MR) is 86.7 cm³/mol. The van der Waals surface area contributed by atoms with Gasteiger partial charge in [0.25, 0.3) is 0 Å². The van der Waals surface area contributed by atoms with Crippen LogP contribution in [0.25, 0.3) is 0 Å². The Morgan fingerprint density at radius 3 is 2.86 bits per heavy atom. The summed E-state index contributed by atoms with van der Waals surface area (Å²) in [6.45, 7) is 3.36. The fourth-order valence-corrected chi connectivity index (χ4v) is 4.17. The van der Waals surface area contributed by atoms with Crippen molar-refractivity contribution in [2.75, 3.05) is 13.7 Å². The van der Waals surface area contributed by atoms with Crippen molar-refractivity contribution in [2.45, 2.75) is 63.6 Å². The normalized spacial score (nSPS) is 28.0. The summed E-state index contributed by atoms with van der Waals surface area (Å²) in [4.78, 5) is 2.69. The highest BCUT2D eigenvalue weighted by atomic mass is 16.5. The summed E-state index contributed by atoms with van der Waals surface area (Å²) in [6.07, 6.45) is 7.60. The van der Waals surface area contributed by atoms with Crippen LogP contribution in [0.4, 0.5) is 0 Å². The number of aryl methyl sites for hydroxylation is 1. The predicted octanol–water partition coefficient (Wildman–Crippen LogP) is 3.27. The van der Waals surface area contributed by atoms with Crippen LogP contribution in [0.5, 0.6) is 5.75 Å². The van der Waals surface area contributed by atoms with Crippen molar-refractivity contribution in [2.24, 2.45) is 5.73 Å². The van der Waals surface area contributed by atoms with Gasteiger partial charge in [0, 0.05) is 18.1 Å². The number of nitrogens with zero attached hydrogens (tertiary/aromatic N) is 1. The lowest BCUT2D eigenvalue weighted by molar-refractivity contribution is 0.0715. The smallest absolute Gasteiger partial charge is 0.119 e. The van der Waals surface area contributed by atoms with E-state index in [-0.39, 0.29) is 6.04 Å². The number of methoxy groups -OCH3 is 1. The number of hydrogen-bond acceptors (Lipinski definition) is 3. The average molecular weight is 288 g/mol. The molecule has 1 aromatic rings. The molecule has 0 aromatic heterocycles. The van der Waals surface area contributed by atoms with E-state index in [1.807, 2.05) is 0 Å². The highest BCUT2D eigenvalue weighted by molar-refractivity contribution is 5.39. The third-order valence-corrected chi connectivity index (χ3v) is 5.23. The molecule has 3 nitrogen and oxygen atoms in total. The van der Waals surface area contributed by atoms with Gasteiger partial charge in [0.2, 0.25) is 0 Å². The number of likely N-dealkylation sites (tertiary alicyclic amines) is 1. The van der Waals surface area contributed by atoms with Gasteiger partial charge in [-0.3, -0.25) is 4.90 Å². The van der Waals surface area contributed by atoms with E-state index < -0.39 is 0 Å². The van der Waals surface area contributed by atoms with E-state index in [0.717, 1.165) is 5.75 Å². The van der Waals surface area contributed by atoms with Gasteiger partial charge in [0.1, 0.15) is 5.75 Å². The number of benzene rings is 1. The lowest BCUT2D eigenvalue weighted by Gasteiger charge is -2.45. The summed E-state index contributed by atoms with van der Waals surface area (Å²) in [6, 6.07) is 7.97. The standard InChI is InChI=1S/C18H28N2O/c1-13(19)17-7-3-4-11-20(17)18-8-5-6-14-12-15(21-2)9-10-16(14)18/h9-10,12-13,17-18H,3-8,11,19H2,1-2H3. The molecule has 2 N–H and O–H groups in total. The third-order valence-electron chi connectivity index (χ3n) is 5.23. The summed E-state index contributed by atoms with van der Waals surface area (Å²) in [5.74, 6) is 0.983. The molecule has 3 unspecified atom stereocenters. The minimum atomic E-state index is 0.258. The zero-order chi connectivity index (χ0) is 14.8. The van der Waals surface area contributed by atoms with E-state index >= 15 is 0 Å². The quantitative estimate of drug-likeness (QED) is 0.927. The molecule has 1 heterocycles. The zero-order valence-corrected chi connectivity index (χ0v) is 13.3. The molecule has 0 bridgehead atoms. The maximum Gasteiger partial charge on any atom is 0.119 e. The van der Waals surface area contributed by atoms with Crippen molar-refractivity contribution in [3.8, 4) is 5.75 Å². The topological polar surface area (TPSA) is 38.5 Å². The summed E-state index contributed by atoms with van der Waals surface area (Å²) >= 11 is 0. The fourth-order valence-electron chi connectivity index (χ4n) is 4.17. The number of hydrogen-bond donors (Lipinski definition) is 1. The maximum absolute atomic E-state index is 6.27. The van der Waals surface area contributed by atoms with Crippen LogP contribution in [0, 0.1) is 0 Å². The summed E-state index contributed by atoms with van der Waals surface area (Å²) in [5, 5.41) is 0. The second-order valence-electron chi connectivity index (χ2n) is 6.63. The molecule has 1 aromatic carbocycles. The van der Waals surface area contributed by atoms with Gasteiger partial charge in [-0.15, -0.1) is 0 Å².